The van der Waals surface area contributed by atoms with E-state index in [0.29, 0.717) is 5.56 Å². The summed E-state index contributed by atoms with van der Waals surface area (Å²) in [7, 11) is 0. The van der Waals surface area contributed by atoms with Gasteiger partial charge in [-0.3, -0.25) is 9.59 Å². The van der Waals surface area contributed by atoms with Crippen LogP contribution in [0.5, 0.6) is 0 Å². The van der Waals surface area contributed by atoms with Crippen molar-refractivity contribution >= 4 is 11.8 Å². The van der Waals surface area contributed by atoms with Gasteiger partial charge in [0.05, 0.1) is 24.6 Å². The van der Waals surface area contributed by atoms with Crippen LogP contribution in [0.3, 0.4) is 0 Å². The summed E-state index contributed by atoms with van der Waals surface area (Å²) >= 11 is 0. The molecule has 114 valence electrons. The Bertz CT molecular complexity index is 686. The summed E-state index contributed by atoms with van der Waals surface area (Å²) in [4.78, 5) is 25.0. The molecule has 0 bridgehead atoms. The van der Waals surface area contributed by atoms with Gasteiger partial charge in [0.2, 0.25) is 5.91 Å². The average Bonchev–Trinajstić information content (AvgIpc) is 3.16. The van der Waals surface area contributed by atoms with Crippen LogP contribution in [-0.2, 0) is 4.79 Å². The minimum Gasteiger partial charge on any atom is -0.368 e. The Morgan fingerprint density at radius 3 is 2.59 bits per heavy atom. The van der Waals surface area contributed by atoms with Crippen LogP contribution in [0.2, 0.25) is 0 Å². The van der Waals surface area contributed by atoms with Gasteiger partial charge in [0.15, 0.2) is 0 Å². The molecule has 2 amide bonds. The molecule has 7 nitrogen and oxygen atoms in total. The maximum absolute atomic E-state index is 13.5. The number of likely N-dealkylation sites (tertiary alicyclic amines) is 1. The number of aromatic nitrogens is 3. The van der Waals surface area contributed by atoms with Crippen molar-refractivity contribution in [2.24, 2.45) is 5.73 Å². The van der Waals surface area contributed by atoms with Gasteiger partial charge >= 0.3 is 0 Å². The Hall–Kier alpha value is -2.77. The fraction of sp³-hybridized carbons (Fsp3) is 0.286. The van der Waals surface area contributed by atoms with E-state index in [1.165, 1.54) is 4.90 Å². The summed E-state index contributed by atoms with van der Waals surface area (Å²) in [5, 5.41) is 7.55. The summed E-state index contributed by atoms with van der Waals surface area (Å²) < 4.78 is 15.0. The number of carbonyl (C=O) groups excluding carboxylic acids is 2. The first-order valence-corrected chi connectivity index (χ1v) is 6.77. The molecule has 3 rings (SSSR count). The van der Waals surface area contributed by atoms with E-state index in [4.69, 9.17) is 5.73 Å². The van der Waals surface area contributed by atoms with E-state index in [1.807, 2.05) is 0 Å². The quantitative estimate of drug-likeness (QED) is 0.882. The number of primary amides is 1. The predicted octanol–water partition coefficient (Wildman–Crippen LogP) is 0.305. The third kappa shape index (κ3) is 2.54. The van der Waals surface area contributed by atoms with Crippen LogP contribution < -0.4 is 5.73 Å². The van der Waals surface area contributed by atoms with Gasteiger partial charge in [0, 0.05) is 12.0 Å². The van der Waals surface area contributed by atoms with Gasteiger partial charge in [-0.2, -0.15) is 0 Å². The van der Waals surface area contributed by atoms with Gasteiger partial charge in [-0.25, -0.2) is 9.07 Å². The van der Waals surface area contributed by atoms with Crippen molar-refractivity contribution in [1.29, 1.82) is 0 Å². The minimum atomic E-state index is -1.23. The Labute approximate surface area is 125 Å². The summed E-state index contributed by atoms with van der Waals surface area (Å²) in [6.45, 7) is -0.114. The smallest absolute Gasteiger partial charge is 0.254 e. The van der Waals surface area contributed by atoms with Crippen LogP contribution >= 0.6 is 0 Å². The molecule has 2 N–H and O–H groups in total. The minimum absolute atomic E-state index is 0.0435. The van der Waals surface area contributed by atoms with Crippen LogP contribution in [-0.4, -0.2) is 50.5 Å². The zero-order valence-corrected chi connectivity index (χ0v) is 11.6. The van der Waals surface area contributed by atoms with Gasteiger partial charge in [0.1, 0.15) is 12.2 Å². The average molecular weight is 303 g/mol. The van der Waals surface area contributed by atoms with Crippen LogP contribution in [0.1, 0.15) is 16.8 Å². The molecule has 22 heavy (non-hydrogen) atoms. The molecule has 0 unspecified atom stereocenters. The lowest BCUT2D eigenvalue weighted by atomic mass is 10.1. The summed E-state index contributed by atoms with van der Waals surface area (Å²) in [5.41, 5.74) is 6.34. The summed E-state index contributed by atoms with van der Waals surface area (Å²) in [6.07, 6.45) is 1.95. The van der Waals surface area contributed by atoms with E-state index in [2.05, 4.69) is 10.3 Å². The second-order valence-electron chi connectivity index (χ2n) is 5.10. The number of hydrogen-bond donors (Lipinski definition) is 1. The lowest BCUT2D eigenvalue weighted by molar-refractivity contribution is -0.121. The summed E-state index contributed by atoms with van der Waals surface area (Å²) in [5.74, 6) is -1.10. The molecule has 0 spiro atoms. The third-order valence-electron chi connectivity index (χ3n) is 3.64. The number of benzene rings is 1. The zero-order chi connectivity index (χ0) is 15.7. The molecule has 1 saturated heterocycles. The molecule has 1 aliphatic heterocycles. The molecule has 1 aliphatic rings. The maximum atomic E-state index is 13.5. The van der Waals surface area contributed by atoms with Crippen molar-refractivity contribution in [2.75, 3.05) is 6.54 Å². The Morgan fingerprint density at radius 1 is 1.27 bits per heavy atom. The van der Waals surface area contributed by atoms with E-state index in [9.17, 15) is 14.0 Å². The van der Waals surface area contributed by atoms with E-state index in [-0.39, 0.29) is 13.0 Å². The summed E-state index contributed by atoms with van der Waals surface area (Å²) in [6, 6.07) is 5.71. The van der Waals surface area contributed by atoms with E-state index in [0.717, 1.165) is 5.69 Å². The number of carbonyl (C=O) groups is 2. The first kappa shape index (κ1) is 14.2. The number of rotatable bonds is 3. The maximum Gasteiger partial charge on any atom is 0.254 e. The number of amides is 2. The highest BCUT2D eigenvalue weighted by Gasteiger charge is 2.38. The topological polar surface area (TPSA) is 94.1 Å². The standard InChI is InChI=1S/C14H14FN5O2/c15-10-7-12(13(16)21)19(8-10)14(22)9-1-3-11(4-2-9)20-6-5-17-18-20/h1-6,10,12H,7-8H2,(H2,16,21)/t10-,12+/m1/s1. The zero-order valence-electron chi connectivity index (χ0n) is 11.6. The van der Waals surface area contributed by atoms with Gasteiger partial charge < -0.3 is 10.6 Å². The first-order valence-electron chi connectivity index (χ1n) is 6.77. The van der Waals surface area contributed by atoms with E-state index < -0.39 is 24.0 Å². The van der Waals surface area contributed by atoms with Crippen LogP contribution in [0.25, 0.3) is 5.69 Å². The van der Waals surface area contributed by atoms with Crippen LogP contribution in [0, 0.1) is 0 Å². The Kier molecular flexibility index (Phi) is 3.58. The van der Waals surface area contributed by atoms with Crippen molar-refractivity contribution in [1.82, 2.24) is 19.9 Å². The van der Waals surface area contributed by atoms with Crippen molar-refractivity contribution in [3.8, 4) is 5.69 Å². The van der Waals surface area contributed by atoms with Crippen LogP contribution in [0.15, 0.2) is 36.7 Å². The Morgan fingerprint density at radius 2 is 2.00 bits per heavy atom. The van der Waals surface area contributed by atoms with Crippen molar-refractivity contribution in [3.05, 3.63) is 42.2 Å². The molecular weight excluding hydrogens is 289 g/mol. The normalized spacial score (nSPS) is 21.0. The van der Waals surface area contributed by atoms with E-state index >= 15 is 0 Å². The molecule has 8 heteroatoms. The first-order chi connectivity index (χ1) is 10.6. The fourth-order valence-electron chi connectivity index (χ4n) is 2.55. The lowest BCUT2D eigenvalue weighted by Gasteiger charge is -2.21. The second kappa shape index (κ2) is 5.55. The van der Waals surface area contributed by atoms with Gasteiger partial charge in [0.25, 0.3) is 5.91 Å². The van der Waals surface area contributed by atoms with Crippen molar-refractivity contribution in [3.63, 3.8) is 0 Å². The van der Waals surface area contributed by atoms with Crippen molar-refractivity contribution in [2.45, 2.75) is 18.6 Å². The van der Waals surface area contributed by atoms with E-state index in [1.54, 1.807) is 41.3 Å². The molecule has 2 heterocycles. The molecule has 0 aliphatic carbocycles. The SMILES string of the molecule is NC(=O)[C@@H]1C[C@@H](F)CN1C(=O)c1ccc(-n2ccnn2)cc1. The largest absolute Gasteiger partial charge is 0.368 e. The number of alkyl halides is 1. The third-order valence-corrected chi connectivity index (χ3v) is 3.64. The highest BCUT2D eigenvalue weighted by molar-refractivity contribution is 5.97. The van der Waals surface area contributed by atoms with Gasteiger partial charge in [-0.15, -0.1) is 5.10 Å². The molecule has 1 aromatic carbocycles. The number of nitrogens with zero attached hydrogens (tertiary/aromatic N) is 4. The lowest BCUT2D eigenvalue weighted by Crippen LogP contribution is -2.43. The highest BCUT2D eigenvalue weighted by Crippen LogP contribution is 2.23. The monoisotopic (exact) mass is 303 g/mol. The molecule has 0 radical (unpaired) electrons. The Balaban J connectivity index is 1.81. The highest BCUT2D eigenvalue weighted by atomic mass is 19.1. The second-order valence-corrected chi connectivity index (χ2v) is 5.10. The van der Waals surface area contributed by atoms with Crippen molar-refractivity contribution < 1.29 is 14.0 Å². The number of halogens is 1. The molecular formula is C14H14FN5O2. The van der Waals surface area contributed by atoms with Crippen LogP contribution in [0.4, 0.5) is 4.39 Å². The molecule has 2 aromatic rings. The molecule has 1 aromatic heterocycles. The predicted molar refractivity (Wildman–Crippen MR) is 74.9 cm³/mol. The number of hydrogen-bond acceptors (Lipinski definition) is 4. The molecule has 0 saturated carbocycles. The van der Waals surface area contributed by atoms with Gasteiger partial charge in [-0.1, -0.05) is 5.21 Å². The molecule has 2 atom stereocenters. The molecule has 1 fully saturated rings. The fourth-order valence-corrected chi connectivity index (χ4v) is 2.55. The number of nitrogens with two attached hydrogens (primary N) is 1. The van der Waals surface area contributed by atoms with Gasteiger partial charge in [-0.05, 0) is 24.3 Å².